The average Bonchev–Trinajstić information content (AvgIpc) is 3.21. The van der Waals surface area contributed by atoms with Crippen molar-refractivity contribution in [3.05, 3.63) is 28.2 Å². The van der Waals surface area contributed by atoms with Crippen LogP contribution in [0.15, 0.2) is 22.7 Å². The van der Waals surface area contributed by atoms with Gasteiger partial charge in [-0.2, -0.15) is 0 Å². The van der Waals surface area contributed by atoms with Gasteiger partial charge in [0.25, 0.3) is 0 Å². The van der Waals surface area contributed by atoms with Crippen molar-refractivity contribution in [1.29, 1.82) is 0 Å². The fourth-order valence-corrected chi connectivity index (χ4v) is 2.58. The smallest absolute Gasteiger partial charge is 0.124 e. The van der Waals surface area contributed by atoms with E-state index in [1.165, 1.54) is 24.8 Å². The third-order valence-electron chi connectivity index (χ3n) is 3.62. The van der Waals surface area contributed by atoms with E-state index in [1.54, 1.807) is 0 Å². The lowest BCUT2D eigenvalue weighted by Crippen LogP contribution is -2.20. The first-order chi connectivity index (χ1) is 9.20. The van der Waals surface area contributed by atoms with E-state index in [-0.39, 0.29) is 0 Å². The highest BCUT2D eigenvalue weighted by atomic mass is 79.9. The standard InChI is InChI=1S/C16H24BrNO/c1-3-9-18-12(2)15-11-14(17)6-7-16(15)19-10-8-13-4-5-13/h6-7,11-13,18H,3-5,8-10H2,1-2H3. The van der Waals surface area contributed by atoms with E-state index in [4.69, 9.17) is 4.74 Å². The Labute approximate surface area is 125 Å². The van der Waals surface area contributed by atoms with Gasteiger partial charge in [0, 0.05) is 16.1 Å². The lowest BCUT2D eigenvalue weighted by Gasteiger charge is -2.18. The van der Waals surface area contributed by atoms with E-state index < -0.39 is 0 Å². The minimum Gasteiger partial charge on any atom is -0.493 e. The van der Waals surface area contributed by atoms with Crippen molar-refractivity contribution in [2.75, 3.05) is 13.2 Å². The van der Waals surface area contributed by atoms with Gasteiger partial charge in [0.05, 0.1) is 6.61 Å². The molecule has 0 radical (unpaired) electrons. The molecule has 3 heteroatoms. The summed E-state index contributed by atoms with van der Waals surface area (Å²) in [5.41, 5.74) is 1.25. The number of ether oxygens (including phenoxy) is 1. The molecule has 106 valence electrons. The third-order valence-corrected chi connectivity index (χ3v) is 4.11. The van der Waals surface area contributed by atoms with E-state index >= 15 is 0 Å². The van der Waals surface area contributed by atoms with Crippen LogP contribution in [0.1, 0.15) is 51.1 Å². The highest BCUT2D eigenvalue weighted by molar-refractivity contribution is 9.10. The molecule has 0 bridgehead atoms. The molecule has 0 amide bonds. The summed E-state index contributed by atoms with van der Waals surface area (Å²) in [5, 5.41) is 3.53. The first-order valence-electron chi connectivity index (χ1n) is 7.36. The van der Waals surface area contributed by atoms with Crippen LogP contribution in [0, 0.1) is 5.92 Å². The van der Waals surface area contributed by atoms with Crippen LogP contribution in [0.5, 0.6) is 5.75 Å². The van der Waals surface area contributed by atoms with Gasteiger partial charge in [0.1, 0.15) is 5.75 Å². The van der Waals surface area contributed by atoms with Crippen molar-refractivity contribution >= 4 is 15.9 Å². The fourth-order valence-electron chi connectivity index (χ4n) is 2.20. The Balaban J connectivity index is 1.98. The molecular weight excluding hydrogens is 302 g/mol. The minimum atomic E-state index is 0.327. The number of nitrogens with one attached hydrogen (secondary N) is 1. The molecule has 0 aromatic heterocycles. The van der Waals surface area contributed by atoms with E-state index in [0.717, 1.165) is 35.7 Å². The van der Waals surface area contributed by atoms with Crippen molar-refractivity contribution < 1.29 is 4.74 Å². The Morgan fingerprint density at radius 2 is 2.21 bits per heavy atom. The Hall–Kier alpha value is -0.540. The SMILES string of the molecule is CCCNC(C)c1cc(Br)ccc1OCCC1CC1. The maximum absolute atomic E-state index is 5.98. The minimum absolute atomic E-state index is 0.327. The van der Waals surface area contributed by atoms with Gasteiger partial charge in [0.2, 0.25) is 0 Å². The highest BCUT2D eigenvalue weighted by Crippen LogP contribution is 2.33. The molecule has 1 aromatic rings. The van der Waals surface area contributed by atoms with E-state index in [2.05, 4.69) is 53.3 Å². The van der Waals surface area contributed by atoms with Crippen LogP contribution >= 0.6 is 15.9 Å². The zero-order valence-electron chi connectivity index (χ0n) is 11.9. The summed E-state index contributed by atoms with van der Waals surface area (Å²) in [6.45, 7) is 6.27. The second-order valence-electron chi connectivity index (χ2n) is 5.44. The van der Waals surface area contributed by atoms with Crippen molar-refractivity contribution in [1.82, 2.24) is 5.32 Å². The first-order valence-corrected chi connectivity index (χ1v) is 8.15. The summed E-state index contributed by atoms with van der Waals surface area (Å²) in [6.07, 6.45) is 5.14. The van der Waals surface area contributed by atoms with Gasteiger partial charge < -0.3 is 10.1 Å². The van der Waals surface area contributed by atoms with Crippen LogP contribution < -0.4 is 10.1 Å². The molecule has 0 spiro atoms. The second kappa shape index (κ2) is 7.30. The third kappa shape index (κ3) is 4.81. The molecule has 1 N–H and O–H groups in total. The maximum Gasteiger partial charge on any atom is 0.124 e. The maximum atomic E-state index is 5.98. The molecule has 0 heterocycles. The van der Waals surface area contributed by atoms with Gasteiger partial charge in [-0.25, -0.2) is 0 Å². The molecule has 1 atom stereocenters. The topological polar surface area (TPSA) is 21.3 Å². The van der Waals surface area contributed by atoms with Crippen molar-refractivity contribution in [3.8, 4) is 5.75 Å². The molecule has 1 saturated carbocycles. The molecule has 1 aliphatic rings. The Kier molecular flexibility index (Phi) is 5.71. The van der Waals surface area contributed by atoms with Crippen molar-refractivity contribution in [2.45, 2.75) is 45.6 Å². The molecule has 0 aliphatic heterocycles. The Morgan fingerprint density at radius 3 is 2.89 bits per heavy atom. The zero-order valence-corrected chi connectivity index (χ0v) is 13.5. The summed E-state index contributed by atoms with van der Waals surface area (Å²) >= 11 is 3.55. The van der Waals surface area contributed by atoms with Gasteiger partial charge in [-0.15, -0.1) is 0 Å². The lowest BCUT2D eigenvalue weighted by molar-refractivity contribution is 0.296. The van der Waals surface area contributed by atoms with Crippen LogP contribution in [0.2, 0.25) is 0 Å². The molecule has 1 unspecified atom stereocenters. The Bertz CT molecular complexity index is 404. The van der Waals surface area contributed by atoms with Crippen LogP contribution in [0.3, 0.4) is 0 Å². The van der Waals surface area contributed by atoms with Crippen LogP contribution in [-0.2, 0) is 0 Å². The predicted octanol–water partition coefficient (Wildman–Crippen LogP) is 4.69. The summed E-state index contributed by atoms with van der Waals surface area (Å²) in [7, 11) is 0. The predicted molar refractivity (Wildman–Crippen MR) is 83.7 cm³/mol. The number of rotatable bonds is 8. The van der Waals surface area contributed by atoms with Crippen LogP contribution in [0.4, 0.5) is 0 Å². The second-order valence-corrected chi connectivity index (χ2v) is 6.35. The van der Waals surface area contributed by atoms with Crippen LogP contribution in [0.25, 0.3) is 0 Å². The molecule has 1 fully saturated rings. The summed E-state index contributed by atoms with van der Waals surface area (Å²) < 4.78 is 7.10. The number of hydrogen-bond acceptors (Lipinski definition) is 2. The molecule has 2 rings (SSSR count). The largest absolute Gasteiger partial charge is 0.493 e. The van der Waals surface area contributed by atoms with E-state index in [9.17, 15) is 0 Å². The van der Waals surface area contributed by atoms with Crippen LogP contribution in [-0.4, -0.2) is 13.2 Å². The van der Waals surface area contributed by atoms with Crippen molar-refractivity contribution in [3.63, 3.8) is 0 Å². The van der Waals surface area contributed by atoms with Gasteiger partial charge >= 0.3 is 0 Å². The van der Waals surface area contributed by atoms with E-state index in [0.29, 0.717) is 6.04 Å². The lowest BCUT2D eigenvalue weighted by atomic mass is 10.1. The summed E-state index contributed by atoms with van der Waals surface area (Å²) in [5.74, 6) is 1.95. The molecule has 0 saturated heterocycles. The summed E-state index contributed by atoms with van der Waals surface area (Å²) in [6, 6.07) is 6.63. The number of benzene rings is 1. The van der Waals surface area contributed by atoms with Gasteiger partial charge in [-0.05, 0) is 50.4 Å². The quantitative estimate of drug-likeness (QED) is 0.748. The monoisotopic (exact) mass is 325 g/mol. The highest BCUT2D eigenvalue weighted by Gasteiger charge is 2.21. The molecule has 19 heavy (non-hydrogen) atoms. The number of hydrogen-bond donors (Lipinski definition) is 1. The number of halogens is 1. The molecule has 1 aromatic carbocycles. The van der Waals surface area contributed by atoms with Crippen molar-refractivity contribution in [2.24, 2.45) is 5.92 Å². The fraction of sp³-hybridized carbons (Fsp3) is 0.625. The zero-order chi connectivity index (χ0) is 13.7. The first kappa shape index (κ1) is 14.9. The molecular formula is C16H24BrNO. The van der Waals surface area contributed by atoms with E-state index in [1.807, 2.05) is 0 Å². The average molecular weight is 326 g/mol. The normalized spacial score (nSPS) is 16.4. The molecule has 1 aliphatic carbocycles. The molecule has 2 nitrogen and oxygen atoms in total. The van der Waals surface area contributed by atoms with Gasteiger partial charge in [-0.3, -0.25) is 0 Å². The van der Waals surface area contributed by atoms with Gasteiger partial charge in [-0.1, -0.05) is 35.7 Å². The Morgan fingerprint density at radius 1 is 1.42 bits per heavy atom. The summed E-state index contributed by atoms with van der Waals surface area (Å²) in [4.78, 5) is 0. The van der Waals surface area contributed by atoms with Gasteiger partial charge in [0.15, 0.2) is 0 Å².